The van der Waals surface area contributed by atoms with Crippen LogP contribution in [0.5, 0.6) is 0 Å². The number of rotatable bonds is 5. The first kappa shape index (κ1) is 14.9. The van der Waals surface area contributed by atoms with Gasteiger partial charge in [-0.05, 0) is 31.1 Å². The van der Waals surface area contributed by atoms with Crippen LogP contribution in [-0.2, 0) is 4.79 Å². The highest BCUT2D eigenvalue weighted by Crippen LogP contribution is 2.28. The normalized spacial score (nSPS) is 21.2. The van der Waals surface area contributed by atoms with Crippen LogP contribution in [0.1, 0.15) is 59.3 Å². The van der Waals surface area contributed by atoms with Gasteiger partial charge in [0.1, 0.15) is 0 Å². The summed E-state index contributed by atoms with van der Waals surface area (Å²) in [5, 5.41) is 3.03. The number of carbonyl (C=O) groups excluding carboxylic acids is 1. The summed E-state index contributed by atoms with van der Waals surface area (Å²) < 4.78 is 0. The van der Waals surface area contributed by atoms with Crippen molar-refractivity contribution in [2.75, 3.05) is 0 Å². The van der Waals surface area contributed by atoms with E-state index in [9.17, 15) is 4.79 Å². The minimum atomic E-state index is -0.173. The summed E-state index contributed by atoms with van der Waals surface area (Å²) in [5.74, 6) is 1.09. The van der Waals surface area contributed by atoms with E-state index in [2.05, 4.69) is 24.9 Å². The molecule has 3 heteroatoms. The lowest BCUT2D eigenvalue weighted by Gasteiger charge is -2.31. The van der Waals surface area contributed by atoms with Gasteiger partial charge in [-0.25, -0.2) is 0 Å². The summed E-state index contributed by atoms with van der Waals surface area (Å²) in [5.41, 5.74) is 0. The highest BCUT2D eigenvalue weighted by atomic mass is 32.1. The lowest BCUT2D eigenvalue weighted by atomic mass is 9.83. The zero-order valence-electron chi connectivity index (χ0n) is 11.4. The van der Waals surface area contributed by atoms with Gasteiger partial charge in [0.2, 0.25) is 5.91 Å². The minimum Gasteiger partial charge on any atom is -0.352 e. The third-order valence-corrected chi connectivity index (χ3v) is 4.72. The maximum Gasteiger partial charge on any atom is 0.233 e. The smallest absolute Gasteiger partial charge is 0.233 e. The molecule has 0 saturated heterocycles. The standard InChI is InChI=1S/C14H27NOS/c1-4-12(11-8-6-5-7-9-11)15-14(16)13(17)10(2)3/h10-13,17H,4-9H2,1-3H3,(H,15,16). The minimum absolute atomic E-state index is 0.112. The van der Waals surface area contributed by atoms with Gasteiger partial charge in [-0.3, -0.25) is 4.79 Å². The summed E-state index contributed by atoms with van der Waals surface area (Å²) in [6.45, 7) is 6.25. The fourth-order valence-electron chi connectivity index (χ4n) is 2.66. The van der Waals surface area contributed by atoms with E-state index in [4.69, 9.17) is 0 Å². The quantitative estimate of drug-likeness (QED) is 0.726. The van der Waals surface area contributed by atoms with Crippen molar-refractivity contribution in [3.05, 3.63) is 0 Å². The molecule has 0 aliphatic heterocycles. The van der Waals surface area contributed by atoms with E-state index in [1.54, 1.807) is 0 Å². The lowest BCUT2D eigenvalue weighted by Crippen LogP contribution is -2.45. The average Bonchev–Trinajstić information content (AvgIpc) is 2.35. The predicted octanol–water partition coefficient (Wildman–Crippen LogP) is 3.42. The Hall–Kier alpha value is -0.180. The largest absolute Gasteiger partial charge is 0.352 e. The molecule has 0 aromatic rings. The first-order valence-electron chi connectivity index (χ1n) is 7.04. The van der Waals surface area contributed by atoms with E-state index in [1.807, 2.05) is 13.8 Å². The average molecular weight is 257 g/mol. The predicted molar refractivity (Wildman–Crippen MR) is 76.4 cm³/mol. The van der Waals surface area contributed by atoms with Crippen molar-refractivity contribution in [3.8, 4) is 0 Å². The molecule has 2 atom stereocenters. The Morgan fingerprint density at radius 2 is 1.88 bits per heavy atom. The number of hydrogen-bond donors (Lipinski definition) is 2. The second-order valence-electron chi connectivity index (χ2n) is 5.61. The van der Waals surface area contributed by atoms with Crippen molar-refractivity contribution < 1.29 is 4.79 Å². The van der Waals surface area contributed by atoms with Gasteiger partial charge < -0.3 is 5.32 Å². The molecule has 0 bridgehead atoms. The zero-order chi connectivity index (χ0) is 12.8. The Morgan fingerprint density at radius 3 is 2.35 bits per heavy atom. The van der Waals surface area contributed by atoms with Crippen LogP contribution in [0, 0.1) is 11.8 Å². The molecule has 1 fully saturated rings. The van der Waals surface area contributed by atoms with Gasteiger partial charge in [0.15, 0.2) is 0 Å². The Balaban J connectivity index is 2.47. The topological polar surface area (TPSA) is 29.1 Å². The molecule has 17 heavy (non-hydrogen) atoms. The third-order valence-electron chi connectivity index (χ3n) is 3.89. The number of hydrogen-bond acceptors (Lipinski definition) is 2. The molecule has 0 aromatic carbocycles. The Morgan fingerprint density at radius 1 is 1.29 bits per heavy atom. The molecular weight excluding hydrogens is 230 g/mol. The van der Waals surface area contributed by atoms with Crippen molar-refractivity contribution in [3.63, 3.8) is 0 Å². The molecule has 1 aliphatic carbocycles. The van der Waals surface area contributed by atoms with Gasteiger partial charge in [-0.2, -0.15) is 12.6 Å². The van der Waals surface area contributed by atoms with Crippen LogP contribution in [-0.4, -0.2) is 17.2 Å². The maximum absolute atomic E-state index is 12.0. The number of carbonyl (C=O) groups is 1. The van der Waals surface area contributed by atoms with Crippen LogP contribution >= 0.6 is 12.6 Å². The molecule has 0 spiro atoms. The van der Waals surface area contributed by atoms with E-state index in [-0.39, 0.29) is 11.2 Å². The van der Waals surface area contributed by atoms with E-state index >= 15 is 0 Å². The third kappa shape index (κ3) is 4.53. The van der Waals surface area contributed by atoms with Gasteiger partial charge in [-0.15, -0.1) is 0 Å². The van der Waals surface area contributed by atoms with E-state index in [0.29, 0.717) is 17.9 Å². The number of amides is 1. The van der Waals surface area contributed by atoms with Crippen LogP contribution in [0.25, 0.3) is 0 Å². The van der Waals surface area contributed by atoms with Crippen LogP contribution < -0.4 is 5.32 Å². The molecule has 2 unspecified atom stereocenters. The van der Waals surface area contributed by atoms with Crippen molar-refractivity contribution in [2.24, 2.45) is 11.8 Å². The second-order valence-corrected chi connectivity index (χ2v) is 6.17. The maximum atomic E-state index is 12.0. The molecule has 1 aliphatic rings. The second kappa shape index (κ2) is 7.30. The summed E-state index contributed by atoms with van der Waals surface area (Å²) >= 11 is 4.39. The van der Waals surface area contributed by atoms with Gasteiger partial charge in [-0.1, -0.05) is 40.0 Å². The summed E-state index contributed by atoms with van der Waals surface area (Å²) in [6, 6.07) is 0.358. The van der Waals surface area contributed by atoms with Crippen LogP contribution in [0.3, 0.4) is 0 Å². The van der Waals surface area contributed by atoms with Crippen molar-refractivity contribution in [2.45, 2.75) is 70.6 Å². The van der Waals surface area contributed by atoms with Gasteiger partial charge in [0, 0.05) is 6.04 Å². The molecule has 100 valence electrons. The fraction of sp³-hybridized carbons (Fsp3) is 0.929. The summed E-state index contributed by atoms with van der Waals surface area (Å²) in [6.07, 6.45) is 7.60. The molecule has 1 amide bonds. The van der Waals surface area contributed by atoms with Crippen LogP contribution in [0.15, 0.2) is 0 Å². The molecular formula is C14H27NOS. The highest BCUT2D eigenvalue weighted by molar-refractivity contribution is 7.81. The van der Waals surface area contributed by atoms with E-state index in [0.717, 1.165) is 6.42 Å². The molecule has 0 radical (unpaired) electrons. The van der Waals surface area contributed by atoms with Crippen molar-refractivity contribution in [1.82, 2.24) is 5.32 Å². The molecule has 1 saturated carbocycles. The Labute approximate surface area is 111 Å². The number of nitrogens with one attached hydrogen (secondary N) is 1. The first-order valence-corrected chi connectivity index (χ1v) is 7.56. The highest BCUT2D eigenvalue weighted by Gasteiger charge is 2.26. The Bertz CT molecular complexity index is 236. The fourth-order valence-corrected chi connectivity index (χ4v) is 2.74. The van der Waals surface area contributed by atoms with E-state index in [1.165, 1.54) is 32.1 Å². The summed E-state index contributed by atoms with van der Waals surface area (Å²) in [4.78, 5) is 12.0. The van der Waals surface area contributed by atoms with E-state index < -0.39 is 0 Å². The first-order chi connectivity index (χ1) is 8.06. The molecule has 0 heterocycles. The van der Waals surface area contributed by atoms with Crippen molar-refractivity contribution >= 4 is 18.5 Å². The zero-order valence-corrected chi connectivity index (χ0v) is 12.3. The van der Waals surface area contributed by atoms with Crippen molar-refractivity contribution in [1.29, 1.82) is 0 Å². The van der Waals surface area contributed by atoms with Gasteiger partial charge >= 0.3 is 0 Å². The molecule has 0 aromatic heterocycles. The Kier molecular flexibility index (Phi) is 6.39. The number of thiol groups is 1. The summed E-state index contributed by atoms with van der Waals surface area (Å²) in [7, 11) is 0. The molecule has 1 N–H and O–H groups in total. The van der Waals surface area contributed by atoms with Gasteiger partial charge in [0.05, 0.1) is 5.25 Å². The molecule has 1 rings (SSSR count). The van der Waals surface area contributed by atoms with Crippen LogP contribution in [0.4, 0.5) is 0 Å². The van der Waals surface area contributed by atoms with Crippen LogP contribution in [0.2, 0.25) is 0 Å². The SMILES string of the molecule is CCC(NC(=O)C(S)C(C)C)C1CCCCC1. The molecule has 2 nitrogen and oxygen atoms in total. The monoisotopic (exact) mass is 257 g/mol. The van der Waals surface area contributed by atoms with Gasteiger partial charge in [0.25, 0.3) is 0 Å². The lowest BCUT2D eigenvalue weighted by molar-refractivity contribution is -0.122.